The third-order valence-electron chi connectivity index (χ3n) is 4.19. The molecule has 148 valence electrons. The number of thiophene rings is 1. The van der Waals surface area contributed by atoms with Gasteiger partial charge >= 0.3 is 0 Å². The smallest absolute Gasteiger partial charge is 0.261 e. The minimum atomic E-state index is -0.674. The van der Waals surface area contributed by atoms with Crippen LogP contribution >= 0.6 is 22.9 Å². The van der Waals surface area contributed by atoms with Crippen molar-refractivity contribution in [3.05, 3.63) is 56.4 Å². The molecule has 3 aromatic rings. The fourth-order valence-electron chi connectivity index (χ4n) is 2.93. The molecule has 10 heteroatoms. The normalized spacial score (nSPS) is 12.2. The summed E-state index contributed by atoms with van der Waals surface area (Å²) in [6.45, 7) is 1.92. The fraction of sp³-hybridized carbons (Fsp3) is 0.278. The highest BCUT2D eigenvalue weighted by molar-refractivity contribution is 7.18. The number of hydrogen-bond donors (Lipinski definition) is 2. The van der Waals surface area contributed by atoms with Gasteiger partial charge in [0, 0.05) is 31.3 Å². The zero-order chi connectivity index (χ0) is 20.4. The van der Waals surface area contributed by atoms with Crippen LogP contribution in [0.25, 0.3) is 11.3 Å². The van der Waals surface area contributed by atoms with Gasteiger partial charge in [0.1, 0.15) is 16.0 Å². The number of carbonyl (C=O) groups is 1. The van der Waals surface area contributed by atoms with E-state index in [4.69, 9.17) is 17.3 Å². The summed E-state index contributed by atoms with van der Waals surface area (Å²) < 4.78 is 28.8. The minimum absolute atomic E-state index is 0.112. The summed E-state index contributed by atoms with van der Waals surface area (Å²) >= 11 is 7.45. The molecule has 6 nitrogen and oxygen atoms in total. The summed E-state index contributed by atoms with van der Waals surface area (Å²) in [7, 11) is 1.74. The third kappa shape index (κ3) is 4.37. The lowest BCUT2D eigenvalue weighted by atomic mass is 10.1. The molecule has 0 unspecified atom stereocenters. The summed E-state index contributed by atoms with van der Waals surface area (Å²) in [5.74, 6) is -1.71. The van der Waals surface area contributed by atoms with Gasteiger partial charge in [-0.05, 0) is 37.1 Å². The molecule has 0 aliphatic heterocycles. The summed E-state index contributed by atoms with van der Waals surface area (Å²) in [5.41, 5.74) is 8.23. The topological polar surface area (TPSA) is 85.8 Å². The molecule has 3 N–H and O–H groups in total. The Hall–Kier alpha value is -2.36. The average molecular weight is 426 g/mol. The van der Waals surface area contributed by atoms with Crippen LogP contribution in [0, 0.1) is 18.6 Å². The molecule has 0 saturated heterocycles. The summed E-state index contributed by atoms with van der Waals surface area (Å²) in [5, 5.41) is 10.7. The summed E-state index contributed by atoms with van der Waals surface area (Å²) in [6.07, 6.45) is 0.202. The largest absolute Gasteiger partial charge is 0.347 e. The van der Waals surface area contributed by atoms with Crippen LogP contribution in [0.15, 0.2) is 24.3 Å². The lowest BCUT2D eigenvalue weighted by Crippen LogP contribution is -2.41. The molecule has 0 aliphatic carbocycles. The van der Waals surface area contributed by atoms with Crippen LogP contribution in [0.4, 0.5) is 8.78 Å². The van der Waals surface area contributed by atoms with Gasteiger partial charge in [-0.3, -0.25) is 4.79 Å². The number of nitrogens with zero attached hydrogens (tertiary/aromatic N) is 3. The first-order valence-electron chi connectivity index (χ1n) is 8.40. The predicted molar refractivity (Wildman–Crippen MR) is 104 cm³/mol. The molecule has 0 radical (unpaired) electrons. The van der Waals surface area contributed by atoms with Crippen LogP contribution in [-0.2, 0) is 13.5 Å². The standard InChI is InChI=1S/C18H18ClF2N5OS/c1-9-16(26(2)25-24-9)14-7-15(28-17(14)19)18(27)23-13(8-22)5-10-3-11(20)6-12(21)4-10/h3-4,6-7,13H,5,8,22H2,1-2H3,(H,23,27)/t13-/m0/s1. The van der Waals surface area contributed by atoms with E-state index in [1.54, 1.807) is 24.7 Å². The van der Waals surface area contributed by atoms with Crippen molar-refractivity contribution in [2.24, 2.45) is 12.8 Å². The van der Waals surface area contributed by atoms with Crippen molar-refractivity contribution in [3.63, 3.8) is 0 Å². The van der Waals surface area contributed by atoms with Gasteiger partial charge < -0.3 is 11.1 Å². The van der Waals surface area contributed by atoms with Crippen LogP contribution < -0.4 is 11.1 Å². The maximum Gasteiger partial charge on any atom is 0.261 e. The number of aromatic nitrogens is 3. The number of halogens is 3. The van der Waals surface area contributed by atoms with Crippen molar-refractivity contribution in [2.45, 2.75) is 19.4 Å². The van der Waals surface area contributed by atoms with Crippen LogP contribution in [0.3, 0.4) is 0 Å². The fourth-order valence-corrected chi connectivity index (χ4v) is 4.12. The van der Waals surface area contributed by atoms with Crippen molar-refractivity contribution in [1.29, 1.82) is 0 Å². The lowest BCUT2D eigenvalue weighted by molar-refractivity contribution is 0.0942. The number of benzene rings is 1. The molecule has 0 saturated carbocycles. The Morgan fingerprint density at radius 2 is 2.00 bits per heavy atom. The third-order valence-corrected chi connectivity index (χ3v) is 5.54. The number of hydrogen-bond acceptors (Lipinski definition) is 5. The molecule has 1 atom stereocenters. The van der Waals surface area contributed by atoms with E-state index in [0.717, 1.165) is 23.1 Å². The zero-order valence-corrected chi connectivity index (χ0v) is 16.7. The minimum Gasteiger partial charge on any atom is -0.347 e. The Morgan fingerprint density at radius 3 is 2.57 bits per heavy atom. The highest BCUT2D eigenvalue weighted by Crippen LogP contribution is 2.36. The second kappa shape index (κ2) is 8.34. The molecule has 0 spiro atoms. The molecular formula is C18H18ClF2N5OS. The molecule has 1 aromatic carbocycles. The number of carbonyl (C=O) groups excluding carboxylic acids is 1. The highest BCUT2D eigenvalue weighted by atomic mass is 35.5. The number of aryl methyl sites for hydroxylation is 2. The van der Waals surface area contributed by atoms with E-state index in [9.17, 15) is 13.6 Å². The van der Waals surface area contributed by atoms with Gasteiger partial charge in [0.25, 0.3) is 5.91 Å². The highest BCUT2D eigenvalue weighted by Gasteiger charge is 2.21. The average Bonchev–Trinajstić information content (AvgIpc) is 3.15. The van der Waals surface area contributed by atoms with Crippen LogP contribution in [0.2, 0.25) is 4.34 Å². The first-order chi connectivity index (χ1) is 13.3. The van der Waals surface area contributed by atoms with Crippen molar-refractivity contribution in [2.75, 3.05) is 6.54 Å². The second-order valence-corrected chi connectivity index (χ2v) is 7.99. The van der Waals surface area contributed by atoms with E-state index in [1.807, 2.05) is 0 Å². The Labute approximate surface area is 169 Å². The molecule has 2 aromatic heterocycles. The van der Waals surface area contributed by atoms with Crippen molar-refractivity contribution in [1.82, 2.24) is 20.3 Å². The monoisotopic (exact) mass is 425 g/mol. The Kier molecular flexibility index (Phi) is 6.07. The van der Waals surface area contributed by atoms with Crippen molar-refractivity contribution in [3.8, 4) is 11.3 Å². The van der Waals surface area contributed by atoms with Gasteiger partial charge in [-0.25, -0.2) is 13.5 Å². The van der Waals surface area contributed by atoms with E-state index in [-0.39, 0.29) is 18.9 Å². The Balaban J connectivity index is 1.77. The lowest BCUT2D eigenvalue weighted by Gasteiger charge is -2.16. The number of nitrogens with one attached hydrogen (secondary N) is 1. The summed E-state index contributed by atoms with van der Waals surface area (Å²) in [4.78, 5) is 13.0. The van der Waals surface area contributed by atoms with Gasteiger partial charge in [0.15, 0.2) is 0 Å². The van der Waals surface area contributed by atoms with Gasteiger partial charge in [-0.15, -0.1) is 16.4 Å². The van der Waals surface area contributed by atoms with Gasteiger partial charge in [-0.2, -0.15) is 0 Å². The molecule has 0 fully saturated rings. The van der Waals surface area contributed by atoms with Crippen molar-refractivity contribution < 1.29 is 13.6 Å². The zero-order valence-electron chi connectivity index (χ0n) is 15.2. The van der Waals surface area contributed by atoms with Crippen molar-refractivity contribution >= 4 is 28.8 Å². The van der Waals surface area contributed by atoms with E-state index < -0.39 is 17.7 Å². The van der Waals surface area contributed by atoms with Crippen LogP contribution in [-0.4, -0.2) is 33.5 Å². The molecule has 3 rings (SSSR count). The van der Waals surface area contributed by atoms with Crippen LogP contribution in [0.5, 0.6) is 0 Å². The maximum absolute atomic E-state index is 13.4. The molecule has 0 bridgehead atoms. The number of amides is 1. The maximum atomic E-state index is 13.4. The first kappa shape index (κ1) is 20.4. The molecule has 28 heavy (non-hydrogen) atoms. The van der Waals surface area contributed by atoms with Gasteiger partial charge in [-0.1, -0.05) is 16.8 Å². The Morgan fingerprint density at radius 1 is 1.32 bits per heavy atom. The molecule has 1 amide bonds. The molecular weight excluding hydrogens is 408 g/mol. The van der Waals surface area contributed by atoms with Gasteiger partial charge in [0.2, 0.25) is 0 Å². The van der Waals surface area contributed by atoms with E-state index in [1.165, 1.54) is 12.1 Å². The van der Waals surface area contributed by atoms with E-state index >= 15 is 0 Å². The predicted octanol–water partition coefficient (Wildman–Crippen LogP) is 3.08. The molecule has 0 aliphatic rings. The number of rotatable bonds is 6. The number of nitrogens with two attached hydrogens (primary N) is 1. The summed E-state index contributed by atoms with van der Waals surface area (Å²) in [6, 6.07) is 4.41. The second-order valence-electron chi connectivity index (χ2n) is 6.33. The van der Waals surface area contributed by atoms with E-state index in [0.29, 0.717) is 26.0 Å². The quantitative estimate of drug-likeness (QED) is 0.635. The van der Waals surface area contributed by atoms with Crippen LogP contribution in [0.1, 0.15) is 20.9 Å². The first-order valence-corrected chi connectivity index (χ1v) is 9.59. The Bertz CT molecular complexity index is 980. The molecule has 2 heterocycles. The SMILES string of the molecule is Cc1nnn(C)c1-c1cc(C(=O)N[C@H](CN)Cc2cc(F)cc(F)c2)sc1Cl. The van der Waals surface area contributed by atoms with E-state index in [2.05, 4.69) is 15.6 Å². The van der Waals surface area contributed by atoms with Gasteiger partial charge in [0.05, 0.1) is 16.3 Å².